The van der Waals surface area contributed by atoms with Crippen LogP contribution in [0.4, 0.5) is 0 Å². The monoisotopic (exact) mass is 512 g/mol. The summed E-state index contributed by atoms with van der Waals surface area (Å²) in [6.07, 6.45) is 2.23. The van der Waals surface area contributed by atoms with Crippen LogP contribution in [0.2, 0.25) is 0 Å². The first kappa shape index (κ1) is 15.8. The van der Waals surface area contributed by atoms with Crippen molar-refractivity contribution >= 4 is 6.64 Å². The van der Waals surface area contributed by atoms with Gasteiger partial charge >= 0.3 is 172 Å². The Hall–Kier alpha value is -2.25. The molecule has 128 valence electrons. The standard InChI is InChI=1S/2C13H9.Hf.2H/c2*1-3-7-12-10(5-1)9-11-6-2-4-8-13(11)12;;;/h2*1-5,7-8H,9H2;;;/q;;+2;2*-1. The first-order valence-electron chi connectivity index (χ1n) is 9.56. The van der Waals surface area contributed by atoms with Crippen LogP contribution in [0.5, 0.6) is 0 Å². The first-order valence-corrected chi connectivity index (χ1v) is 13.1. The second-order valence-corrected chi connectivity index (χ2v) is 12.2. The molecule has 0 heterocycles. The molecule has 0 fully saturated rings. The Morgan fingerprint density at radius 2 is 0.926 bits per heavy atom. The molecule has 0 saturated heterocycles. The van der Waals surface area contributed by atoms with Gasteiger partial charge in [0.15, 0.2) is 0 Å². The van der Waals surface area contributed by atoms with E-state index in [4.69, 9.17) is 0 Å². The van der Waals surface area contributed by atoms with Gasteiger partial charge in [-0.3, -0.25) is 0 Å². The molecule has 27 heavy (non-hydrogen) atoms. The molecular formula is C26H20Hf. The number of hydrogen-bond acceptors (Lipinski definition) is 0. The Balaban J connectivity index is 0.00000102. The van der Waals surface area contributed by atoms with Crippen LogP contribution in [0.1, 0.15) is 25.1 Å². The van der Waals surface area contributed by atoms with Gasteiger partial charge in [0.05, 0.1) is 0 Å². The van der Waals surface area contributed by atoms with Gasteiger partial charge in [-0.2, -0.15) is 0 Å². The van der Waals surface area contributed by atoms with Crippen molar-refractivity contribution in [3.63, 3.8) is 0 Å². The molecule has 0 saturated carbocycles. The summed E-state index contributed by atoms with van der Waals surface area (Å²) in [5.74, 6) is 0. The van der Waals surface area contributed by atoms with Crippen LogP contribution in [-0.4, -0.2) is 0 Å². The Bertz CT molecular complexity index is 1120. The molecule has 0 aromatic heterocycles. The van der Waals surface area contributed by atoms with E-state index in [1.54, 1.807) is 17.8 Å². The molecule has 0 bridgehead atoms. The molecule has 0 nitrogen and oxygen atoms in total. The van der Waals surface area contributed by atoms with E-state index < -0.39 is 22.9 Å². The van der Waals surface area contributed by atoms with Crippen molar-refractivity contribution < 1.29 is 25.8 Å². The second-order valence-electron chi connectivity index (χ2n) is 7.46. The summed E-state index contributed by atoms with van der Waals surface area (Å²) in [4.78, 5) is 0. The second kappa shape index (κ2) is 6.14. The van der Waals surface area contributed by atoms with Crippen molar-refractivity contribution in [1.29, 1.82) is 0 Å². The first-order chi connectivity index (χ1) is 13.4. The van der Waals surface area contributed by atoms with E-state index in [-0.39, 0.29) is 2.85 Å². The Labute approximate surface area is 174 Å². The number of benzene rings is 4. The molecule has 2 aliphatic rings. The van der Waals surface area contributed by atoms with E-state index in [0.29, 0.717) is 0 Å². The van der Waals surface area contributed by atoms with E-state index in [2.05, 4.69) is 84.9 Å². The van der Waals surface area contributed by atoms with Gasteiger partial charge in [0, 0.05) is 0 Å². The normalized spacial score (nSPS) is 12.7. The molecule has 0 radical (unpaired) electrons. The Morgan fingerprint density at radius 3 is 1.44 bits per heavy atom. The van der Waals surface area contributed by atoms with Gasteiger partial charge in [0.1, 0.15) is 0 Å². The average Bonchev–Trinajstić information content (AvgIpc) is 3.28. The third kappa shape index (κ3) is 2.45. The summed E-state index contributed by atoms with van der Waals surface area (Å²) in [6.45, 7) is 0. The number of hydrogen-bond donors (Lipinski definition) is 0. The van der Waals surface area contributed by atoms with Crippen molar-refractivity contribution in [1.82, 2.24) is 0 Å². The van der Waals surface area contributed by atoms with E-state index in [1.807, 2.05) is 0 Å². The zero-order valence-corrected chi connectivity index (χ0v) is 18.6. The van der Waals surface area contributed by atoms with E-state index in [1.165, 1.54) is 33.4 Å². The van der Waals surface area contributed by atoms with Crippen molar-refractivity contribution in [2.24, 2.45) is 0 Å². The molecule has 2 aliphatic carbocycles. The van der Waals surface area contributed by atoms with E-state index in [0.717, 1.165) is 12.8 Å². The predicted octanol–water partition coefficient (Wildman–Crippen LogP) is 5.09. The molecule has 6 rings (SSSR count). The predicted molar refractivity (Wildman–Crippen MR) is 111 cm³/mol. The maximum atomic E-state index is 2.41. The number of fused-ring (bicyclic) bond motifs is 6. The van der Waals surface area contributed by atoms with Crippen LogP contribution in [0.25, 0.3) is 22.3 Å². The molecule has 0 atom stereocenters. The molecule has 0 aliphatic heterocycles. The molecule has 4 aromatic carbocycles. The van der Waals surface area contributed by atoms with Crippen molar-refractivity contribution in [2.45, 2.75) is 12.8 Å². The molecule has 4 aromatic rings. The Morgan fingerprint density at radius 1 is 0.481 bits per heavy atom. The molecule has 1 heteroatoms. The average molecular weight is 511 g/mol. The quantitative estimate of drug-likeness (QED) is 0.285. The molecule has 0 amide bonds. The Kier molecular flexibility index (Phi) is 3.59. The van der Waals surface area contributed by atoms with E-state index >= 15 is 0 Å². The molecular weight excluding hydrogens is 491 g/mol. The van der Waals surface area contributed by atoms with Crippen LogP contribution in [0, 0.1) is 0 Å². The third-order valence-electron chi connectivity index (χ3n) is 5.97. The topological polar surface area (TPSA) is 0 Å². The fourth-order valence-electron chi connectivity index (χ4n) is 4.69. The van der Waals surface area contributed by atoms with Gasteiger partial charge in [-0.1, -0.05) is 0 Å². The summed E-state index contributed by atoms with van der Waals surface area (Å²) in [5.41, 5.74) is 12.1. The molecule has 0 N–H and O–H groups in total. The summed E-state index contributed by atoms with van der Waals surface area (Å²) < 4.78 is 3.35. The van der Waals surface area contributed by atoms with Crippen molar-refractivity contribution in [3.8, 4) is 22.3 Å². The van der Waals surface area contributed by atoms with Gasteiger partial charge in [0.25, 0.3) is 0 Å². The van der Waals surface area contributed by atoms with Crippen LogP contribution < -0.4 is 6.64 Å². The van der Waals surface area contributed by atoms with Crippen LogP contribution in [0.3, 0.4) is 0 Å². The maximum absolute atomic E-state index is 2.41. The zero-order valence-electron chi connectivity index (χ0n) is 17.0. The van der Waals surface area contributed by atoms with Gasteiger partial charge in [-0.15, -0.1) is 0 Å². The zero-order chi connectivity index (χ0) is 17.8. The van der Waals surface area contributed by atoms with Crippen molar-refractivity contribution in [3.05, 3.63) is 107 Å². The molecule has 0 unspecified atom stereocenters. The number of rotatable bonds is 2. The minimum absolute atomic E-state index is 0. The summed E-state index contributed by atoms with van der Waals surface area (Å²) in [7, 11) is 0. The van der Waals surface area contributed by atoms with Gasteiger partial charge in [-0.25, -0.2) is 0 Å². The summed E-state index contributed by atoms with van der Waals surface area (Å²) in [6, 6.07) is 31.9. The minimum atomic E-state index is -1.12. The fraction of sp³-hybridized carbons (Fsp3) is 0.0769. The van der Waals surface area contributed by atoms with Crippen LogP contribution in [-0.2, 0) is 35.7 Å². The van der Waals surface area contributed by atoms with E-state index in [9.17, 15) is 0 Å². The molecule has 0 spiro atoms. The summed E-state index contributed by atoms with van der Waals surface area (Å²) in [5, 5.41) is 0. The third-order valence-corrected chi connectivity index (χ3v) is 11.3. The van der Waals surface area contributed by atoms with Gasteiger partial charge in [-0.05, 0) is 0 Å². The fourth-order valence-corrected chi connectivity index (χ4v) is 9.71. The van der Waals surface area contributed by atoms with Crippen LogP contribution >= 0.6 is 0 Å². The van der Waals surface area contributed by atoms with Gasteiger partial charge in [0.2, 0.25) is 0 Å². The van der Waals surface area contributed by atoms with Crippen molar-refractivity contribution in [2.75, 3.05) is 0 Å². The summed E-state index contributed by atoms with van der Waals surface area (Å²) >= 11 is -1.12. The van der Waals surface area contributed by atoms with Gasteiger partial charge < -0.3 is 2.85 Å². The van der Waals surface area contributed by atoms with Crippen LogP contribution in [0.15, 0.2) is 84.9 Å². The SMILES string of the molecule is [H-].[H-].c1ccc2c(c1)Cc1[c]([Hf+2][c]3cccc4c3Cc3ccccc3-4)cccc1-2.